The predicted octanol–water partition coefficient (Wildman–Crippen LogP) is 2.93. The lowest BCUT2D eigenvalue weighted by molar-refractivity contribution is -0.384. The molecule has 3 rings (SSSR count). The second-order valence-electron chi connectivity index (χ2n) is 7.94. The molecule has 146 valence electrons. The summed E-state index contributed by atoms with van der Waals surface area (Å²) in [6.45, 7) is 7.25. The summed E-state index contributed by atoms with van der Waals surface area (Å²) in [5.41, 5.74) is -2.88. The lowest BCUT2D eigenvalue weighted by atomic mass is 9.77. The molecule has 1 aliphatic heterocycles. The molecule has 8 heteroatoms. The van der Waals surface area contributed by atoms with Crippen LogP contribution >= 0.6 is 0 Å². The molecular formula is C20H20N2O6. The van der Waals surface area contributed by atoms with Gasteiger partial charge in [-0.3, -0.25) is 19.7 Å². The number of nitro benzene ring substituents is 1. The Labute approximate surface area is 161 Å². The van der Waals surface area contributed by atoms with Gasteiger partial charge in [0.2, 0.25) is 11.4 Å². The van der Waals surface area contributed by atoms with Gasteiger partial charge in [0.25, 0.3) is 11.6 Å². The largest absolute Gasteiger partial charge is 0.507 e. The van der Waals surface area contributed by atoms with Gasteiger partial charge in [-0.05, 0) is 30.0 Å². The molecule has 2 aromatic rings. The monoisotopic (exact) mass is 384 g/mol. The van der Waals surface area contributed by atoms with Gasteiger partial charge in [0.1, 0.15) is 5.75 Å². The SMILES string of the molecule is Cc1cc(C(C)(C)C)c(O)c(C2(O)C(=O)Nc3ccc([N+](=O)[O-])cc3C2=O)c1. The number of non-ortho nitro benzene ring substituents is 1. The number of phenols is 1. The fraction of sp³-hybridized carbons (Fsp3) is 0.300. The maximum Gasteiger partial charge on any atom is 0.270 e. The number of carbonyl (C=O) groups excluding carboxylic acids is 2. The molecule has 1 amide bonds. The number of fused-ring (bicyclic) bond motifs is 1. The number of anilines is 1. The first-order valence-electron chi connectivity index (χ1n) is 8.59. The molecular weight excluding hydrogens is 364 g/mol. The number of rotatable bonds is 2. The number of aliphatic hydroxyl groups is 1. The second kappa shape index (κ2) is 6.13. The molecule has 1 heterocycles. The van der Waals surface area contributed by atoms with Crippen LogP contribution < -0.4 is 5.32 Å². The van der Waals surface area contributed by atoms with E-state index in [-0.39, 0.29) is 28.3 Å². The number of nitrogens with one attached hydrogen (secondary N) is 1. The Hall–Kier alpha value is -3.26. The Kier molecular flexibility index (Phi) is 4.27. The summed E-state index contributed by atoms with van der Waals surface area (Å²) in [6, 6.07) is 6.47. The van der Waals surface area contributed by atoms with Gasteiger partial charge in [-0.25, -0.2) is 0 Å². The zero-order valence-electron chi connectivity index (χ0n) is 15.9. The summed E-state index contributed by atoms with van der Waals surface area (Å²) in [7, 11) is 0. The quantitative estimate of drug-likeness (QED) is 0.415. The summed E-state index contributed by atoms with van der Waals surface area (Å²) >= 11 is 0. The summed E-state index contributed by atoms with van der Waals surface area (Å²) in [6.07, 6.45) is 0. The van der Waals surface area contributed by atoms with Crippen LogP contribution in [0.3, 0.4) is 0 Å². The molecule has 0 bridgehead atoms. The van der Waals surface area contributed by atoms with Crippen LogP contribution in [0.1, 0.15) is 47.8 Å². The Morgan fingerprint density at radius 3 is 2.36 bits per heavy atom. The lowest BCUT2D eigenvalue weighted by Crippen LogP contribution is -2.50. The fourth-order valence-corrected chi connectivity index (χ4v) is 3.32. The number of phenolic OH excluding ortho intramolecular Hbond substituents is 1. The van der Waals surface area contributed by atoms with E-state index in [0.29, 0.717) is 11.1 Å². The average molecular weight is 384 g/mol. The third-order valence-electron chi connectivity index (χ3n) is 4.82. The smallest absolute Gasteiger partial charge is 0.270 e. The highest BCUT2D eigenvalue weighted by molar-refractivity contribution is 6.26. The third-order valence-corrected chi connectivity index (χ3v) is 4.82. The van der Waals surface area contributed by atoms with Crippen LogP contribution in [-0.4, -0.2) is 26.8 Å². The first kappa shape index (κ1) is 19.5. The maximum atomic E-state index is 13.1. The van der Waals surface area contributed by atoms with Gasteiger partial charge in [0, 0.05) is 17.7 Å². The number of amides is 1. The highest BCUT2D eigenvalue weighted by Crippen LogP contribution is 2.43. The van der Waals surface area contributed by atoms with Crippen LogP contribution in [0.15, 0.2) is 30.3 Å². The standard InChI is InChI=1S/C20H20N2O6/c1-10-7-13(19(2,3)4)16(23)14(8-10)20(26)17(24)12-9-11(22(27)28)5-6-15(12)21-18(20)25/h5-9,23,26H,1-4H3,(H,21,25). The number of Topliss-reactive ketones (excluding diaryl/α,β-unsaturated/α-hetero) is 1. The number of carbonyl (C=O) groups is 2. The van der Waals surface area contributed by atoms with E-state index in [2.05, 4.69) is 5.32 Å². The molecule has 2 aromatic carbocycles. The van der Waals surface area contributed by atoms with Crippen molar-refractivity contribution in [2.24, 2.45) is 0 Å². The molecule has 0 aromatic heterocycles. The van der Waals surface area contributed by atoms with Crippen LogP contribution in [0.5, 0.6) is 5.75 Å². The van der Waals surface area contributed by atoms with Crippen molar-refractivity contribution >= 4 is 23.1 Å². The van der Waals surface area contributed by atoms with Crippen LogP contribution in [0, 0.1) is 17.0 Å². The van der Waals surface area contributed by atoms with Crippen LogP contribution in [0.2, 0.25) is 0 Å². The van der Waals surface area contributed by atoms with E-state index in [4.69, 9.17) is 0 Å². The summed E-state index contributed by atoms with van der Waals surface area (Å²) in [5.74, 6) is -2.42. The second-order valence-corrected chi connectivity index (χ2v) is 7.94. The summed E-state index contributed by atoms with van der Waals surface area (Å²) < 4.78 is 0. The van der Waals surface area contributed by atoms with Gasteiger partial charge < -0.3 is 15.5 Å². The van der Waals surface area contributed by atoms with Crippen molar-refractivity contribution in [3.05, 3.63) is 62.7 Å². The van der Waals surface area contributed by atoms with E-state index < -0.39 is 27.6 Å². The molecule has 0 aliphatic carbocycles. The minimum Gasteiger partial charge on any atom is -0.507 e. The maximum absolute atomic E-state index is 13.1. The highest BCUT2D eigenvalue weighted by Gasteiger charge is 2.52. The molecule has 0 saturated carbocycles. The number of nitro groups is 1. The van der Waals surface area contributed by atoms with Crippen molar-refractivity contribution < 1.29 is 24.7 Å². The number of aromatic hydroxyl groups is 1. The van der Waals surface area contributed by atoms with E-state index in [1.54, 1.807) is 13.0 Å². The number of benzene rings is 2. The molecule has 3 N–H and O–H groups in total. The topological polar surface area (TPSA) is 130 Å². The molecule has 0 radical (unpaired) electrons. The van der Waals surface area contributed by atoms with E-state index in [1.807, 2.05) is 20.8 Å². The van der Waals surface area contributed by atoms with Crippen molar-refractivity contribution in [1.82, 2.24) is 0 Å². The van der Waals surface area contributed by atoms with Crippen LogP contribution in [-0.2, 0) is 15.8 Å². The van der Waals surface area contributed by atoms with Gasteiger partial charge in [0.05, 0.1) is 16.2 Å². The zero-order chi connectivity index (χ0) is 21.0. The Bertz CT molecular complexity index is 1040. The van der Waals surface area contributed by atoms with Gasteiger partial charge in [-0.1, -0.05) is 32.4 Å². The van der Waals surface area contributed by atoms with Crippen LogP contribution in [0.4, 0.5) is 11.4 Å². The zero-order valence-corrected chi connectivity index (χ0v) is 15.9. The molecule has 0 fully saturated rings. The Balaban J connectivity index is 2.27. The molecule has 0 spiro atoms. The molecule has 0 saturated heterocycles. The first-order chi connectivity index (χ1) is 12.9. The number of hydrogen-bond donors (Lipinski definition) is 3. The van der Waals surface area contributed by atoms with Crippen LogP contribution in [0.25, 0.3) is 0 Å². The highest BCUT2D eigenvalue weighted by atomic mass is 16.6. The third kappa shape index (κ3) is 2.82. The van der Waals surface area contributed by atoms with Gasteiger partial charge in [0.15, 0.2) is 0 Å². The van der Waals surface area contributed by atoms with E-state index in [1.165, 1.54) is 12.1 Å². The van der Waals surface area contributed by atoms with Crippen molar-refractivity contribution in [3.63, 3.8) is 0 Å². The molecule has 1 aliphatic rings. The Morgan fingerprint density at radius 1 is 1.14 bits per heavy atom. The normalized spacial score (nSPS) is 19.2. The van der Waals surface area contributed by atoms with Gasteiger partial charge >= 0.3 is 0 Å². The minimum atomic E-state index is -2.71. The first-order valence-corrected chi connectivity index (χ1v) is 8.59. The van der Waals surface area contributed by atoms with E-state index in [0.717, 1.165) is 12.1 Å². The van der Waals surface area contributed by atoms with Gasteiger partial charge in [-0.2, -0.15) is 0 Å². The molecule has 28 heavy (non-hydrogen) atoms. The van der Waals surface area contributed by atoms with E-state index in [9.17, 15) is 29.9 Å². The number of ketones is 1. The number of nitrogens with zero attached hydrogens (tertiary/aromatic N) is 1. The minimum absolute atomic E-state index is 0.0634. The number of aryl methyl sites for hydroxylation is 1. The van der Waals surface area contributed by atoms with Crippen molar-refractivity contribution in [2.45, 2.75) is 38.7 Å². The summed E-state index contributed by atoms with van der Waals surface area (Å²) in [4.78, 5) is 36.2. The molecule has 1 unspecified atom stereocenters. The van der Waals surface area contributed by atoms with Crippen molar-refractivity contribution in [3.8, 4) is 5.75 Å². The molecule has 1 atom stereocenters. The van der Waals surface area contributed by atoms with Crippen molar-refractivity contribution in [2.75, 3.05) is 5.32 Å². The van der Waals surface area contributed by atoms with Crippen molar-refractivity contribution in [1.29, 1.82) is 0 Å². The number of hydrogen-bond acceptors (Lipinski definition) is 6. The lowest BCUT2D eigenvalue weighted by Gasteiger charge is -2.33. The molecule has 8 nitrogen and oxygen atoms in total. The van der Waals surface area contributed by atoms with Gasteiger partial charge in [-0.15, -0.1) is 0 Å². The Morgan fingerprint density at radius 2 is 1.79 bits per heavy atom. The average Bonchev–Trinajstić information content (AvgIpc) is 2.60. The predicted molar refractivity (Wildman–Crippen MR) is 101 cm³/mol. The fourth-order valence-electron chi connectivity index (χ4n) is 3.32. The van der Waals surface area contributed by atoms with E-state index >= 15 is 0 Å². The summed E-state index contributed by atoms with van der Waals surface area (Å²) in [5, 5.41) is 35.4.